The molecule has 132 valence electrons. The van der Waals surface area contributed by atoms with E-state index in [1.807, 2.05) is 0 Å². The predicted octanol–water partition coefficient (Wildman–Crippen LogP) is 4.46. The van der Waals surface area contributed by atoms with Crippen LogP contribution in [0.3, 0.4) is 0 Å². The molecule has 2 aromatic rings. The summed E-state index contributed by atoms with van der Waals surface area (Å²) in [7, 11) is 0. The highest BCUT2D eigenvalue weighted by Crippen LogP contribution is 2.16. The zero-order chi connectivity index (χ0) is 17.2. The summed E-state index contributed by atoms with van der Waals surface area (Å²) in [4.78, 5) is 27.2. The molecule has 0 atom stereocenters. The van der Waals surface area contributed by atoms with Crippen LogP contribution >= 0.6 is 0 Å². The molecule has 0 fully saturated rings. The number of nitrogens with one attached hydrogen (secondary N) is 2. The molecular weight excluding hydrogens is 302 g/mol. The molecule has 1 amide bonds. The van der Waals surface area contributed by atoms with E-state index in [2.05, 4.69) is 39.1 Å². The van der Waals surface area contributed by atoms with Gasteiger partial charge in [-0.25, -0.2) is 15.0 Å². The Balaban J connectivity index is 1.55. The van der Waals surface area contributed by atoms with Crippen LogP contribution in [0.4, 0.5) is 5.82 Å². The molecule has 0 saturated carbocycles. The van der Waals surface area contributed by atoms with Crippen molar-refractivity contribution in [3.05, 3.63) is 12.7 Å². The Labute approximate surface area is 143 Å². The summed E-state index contributed by atoms with van der Waals surface area (Å²) < 4.78 is 0. The van der Waals surface area contributed by atoms with Gasteiger partial charge in [0.05, 0.1) is 6.33 Å². The number of carbonyl (C=O) groups excluding carboxylic acids is 1. The van der Waals surface area contributed by atoms with Crippen LogP contribution in [0.1, 0.15) is 71.6 Å². The molecule has 0 saturated heterocycles. The summed E-state index contributed by atoms with van der Waals surface area (Å²) in [5.74, 6) is 1.30. The number of H-pyrrole nitrogens is 1. The van der Waals surface area contributed by atoms with Crippen molar-refractivity contribution >= 4 is 22.9 Å². The first-order chi connectivity index (χ1) is 11.7. The maximum absolute atomic E-state index is 12.0. The molecule has 2 N–H and O–H groups in total. The number of unbranched alkanes of at least 4 members (excludes halogenated alkanes) is 6. The third-order valence-electron chi connectivity index (χ3n) is 4.16. The predicted molar refractivity (Wildman–Crippen MR) is 96.7 cm³/mol. The van der Waals surface area contributed by atoms with Gasteiger partial charge in [0, 0.05) is 6.42 Å². The van der Waals surface area contributed by atoms with E-state index >= 15 is 0 Å². The van der Waals surface area contributed by atoms with E-state index < -0.39 is 0 Å². The molecule has 0 aliphatic carbocycles. The molecule has 24 heavy (non-hydrogen) atoms. The fourth-order valence-corrected chi connectivity index (χ4v) is 2.77. The average molecular weight is 331 g/mol. The molecule has 2 aromatic heterocycles. The van der Waals surface area contributed by atoms with E-state index in [0.717, 1.165) is 18.8 Å². The Bertz CT molecular complexity index is 623. The smallest absolute Gasteiger partial charge is 0.225 e. The molecule has 2 heterocycles. The normalized spacial score (nSPS) is 11.3. The van der Waals surface area contributed by atoms with Gasteiger partial charge in [0.15, 0.2) is 17.0 Å². The van der Waals surface area contributed by atoms with Crippen molar-refractivity contribution in [1.29, 1.82) is 0 Å². The van der Waals surface area contributed by atoms with Gasteiger partial charge in [-0.2, -0.15) is 0 Å². The third-order valence-corrected chi connectivity index (χ3v) is 4.16. The van der Waals surface area contributed by atoms with Crippen molar-refractivity contribution in [2.75, 3.05) is 5.32 Å². The minimum atomic E-state index is -0.00469. The third kappa shape index (κ3) is 6.26. The van der Waals surface area contributed by atoms with Crippen LogP contribution in [0.2, 0.25) is 0 Å². The molecule has 0 aliphatic rings. The second-order valence-corrected chi connectivity index (χ2v) is 6.78. The topological polar surface area (TPSA) is 83.6 Å². The van der Waals surface area contributed by atoms with Crippen LogP contribution in [0.15, 0.2) is 12.7 Å². The minimum Gasteiger partial charge on any atom is -0.329 e. The van der Waals surface area contributed by atoms with E-state index in [9.17, 15) is 4.79 Å². The van der Waals surface area contributed by atoms with Crippen LogP contribution in [0.5, 0.6) is 0 Å². The van der Waals surface area contributed by atoms with E-state index in [0.29, 0.717) is 23.4 Å². The molecule has 0 radical (unpaired) electrons. The van der Waals surface area contributed by atoms with Crippen LogP contribution < -0.4 is 5.32 Å². The lowest BCUT2D eigenvalue weighted by atomic mass is 10.0. The molecule has 0 unspecified atom stereocenters. The van der Waals surface area contributed by atoms with Crippen molar-refractivity contribution in [2.24, 2.45) is 5.92 Å². The fourth-order valence-electron chi connectivity index (χ4n) is 2.77. The number of nitrogens with zero attached hydrogens (tertiary/aromatic N) is 3. The van der Waals surface area contributed by atoms with Crippen molar-refractivity contribution in [1.82, 2.24) is 19.9 Å². The molecule has 0 aliphatic heterocycles. The summed E-state index contributed by atoms with van der Waals surface area (Å²) >= 11 is 0. The first kappa shape index (κ1) is 18.4. The number of fused-ring (bicyclic) bond motifs is 1. The molecule has 6 nitrogen and oxygen atoms in total. The Kier molecular flexibility index (Phi) is 7.65. The van der Waals surface area contributed by atoms with Gasteiger partial charge in [-0.1, -0.05) is 58.8 Å². The Morgan fingerprint density at radius 1 is 1.04 bits per heavy atom. The largest absolute Gasteiger partial charge is 0.329 e. The lowest BCUT2D eigenvalue weighted by Crippen LogP contribution is -2.12. The summed E-state index contributed by atoms with van der Waals surface area (Å²) in [6.07, 6.45) is 13.4. The second kappa shape index (κ2) is 10.0. The van der Waals surface area contributed by atoms with Crippen LogP contribution in [0.25, 0.3) is 11.2 Å². The van der Waals surface area contributed by atoms with Crippen LogP contribution in [-0.2, 0) is 4.79 Å². The van der Waals surface area contributed by atoms with Crippen LogP contribution in [0, 0.1) is 5.92 Å². The Morgan fingerprint density at radius 3 is 2.50 bits per heavy atom. The number of hydrogen-bond acceptors (Lipinski definition) is 4. The lowest BCUT2D eigenvalue weighted by Gasteiger charge is -2.05. The van der Waals surface area contributed by atoms with Gasteiger partial charge in [-0.05, 0) is 12.3 Å². The number of anilines is 1. The van der Waals surface area contributed by atoms with Crippen molar-refractivity contribution in [3.8, 4) is 0 Å². The average Bonchev–Trinajstić information content (AvgIpc) is 3.02. The first-order valence-electron chi connectivity index (χ1n) is 9.10. The zero-order valence-corrected chi connectivity index (χ0v) is 14.8. The van der Waals surface area contributed by atoms with Gasteiger partial charge in [-0.3, -0.25) is 4.79 Å². The molecule has 6 heteroatoms. The maximum atomic E-state index is 12.0. The number of aromatic nitrogens is 4. The van der Waals surface area contributed by atoms with Gasteiger partial charge in [-0.15, -0.1) is 0 Å². The highest BCUT2D eigenvalue weighted by molar-refractivity contribution is 5.96. The zero-order valence-electron chi connectivity index (χ0n) is 14.8. The van der Waals surface area contributed by atoms with Crippen molar-refractivity contribution < 1.29 is 4.79 Å². The number of carbonyl (C=O) groups is 1. The van der Waals surface area contributed by atoms with Gasteiger partial charge in [0.1, 0.15) is 6.33 Å². The molecule has 0 bridgehead atoms. The minimum absolute atomic E-state index is 0.00469. The van der Waals surface area contributed by atoms with E-state index in [-0.39, 0.29) is 5.91 Å². The number of hydrogen-bond donors (Lipinski definition) is 2. The van der Waals surface area contributed by atoms with Crippen LogP contribution in [-0.4, -0.2) is 25.8 Å². The van der Waals surface area contributed by atoms with Gasteiger partial charge >= 0.3 is 0 Å². The highest BCUT2D eigenvalue weighted by Gasteiger charge is 2.09. The first-order valence-corrected chi connectivity index (χ1v) is 9.10. The number of aromatic amines is 1. The van der Waals surface area contributed by atoms with Crippen molar-refractivity contribution in [3.63, 3.8) is 0 Å². The van der Waals surface area contributed by atoms with Crippen molar-refractivity contribution in [2.45, 2.75) is 71.6 Å². The number of imidazole rings is 1. The van der Waals surface area contributed by atoms with Gasteiger partial charge in [0.2, 0.25) is 5.91 Å². The van der Waals surface area contributed by atoms with Gasteiger partial charge in [0.25, 0.3) is 0 Å². The Hall–Kier alpha value is -1.98. The van der Waals surface area contributed by atoms with E-state index in [1.54, 1.807) is 6.33 Å². The highest BCUT2D eigenvalue weighted by atomic mass is 16.1. The molecular formula is C18H29N5O. The van der Waals surface area contributed by atoms with Gasteiger partial charge < -0.3 is 10.3 Å². The number of rotatable bonds is 11. The summed E-state index contributed by atoms with van der Waals surface area (Å²) in [6.45, 7) is 4.56. The standard InChI is InChI=1S/C18H29N5O/c1-14(2)10-8-6-4-3-5-7-9-11-15(24)23-18-16-17(20-12-19-16)21-13-22-18/h12-14H,3-11H2,1-2H3,(H2,19,20,21,22,23,24). The Morgan fingerprint density at radius 2 is 1.75 bits per heavy atom. The fraction of sp³-hybridized carbons (Fsp3) is 0.667. The summed E-state index contributed by atoms with van der Waals surface area (Å²) in [5.41, 5.74) is 1.24. The number of amides is 1. The van der Waals surface area contributed by atoms with E-state index in [4.69, 9.17) is 0 Å². The monoisotopic (exact) mass is 331 g/mol. The molecule has 2 rings (SSSR count). The summed E-state index contributed by atoms with van der Waals surface area (Å²) in [5, 5.41) is 2.83. The summed E-state index contributed by atoms with van der Waals surface area (Å²) in [6, 6.07) is 0. The SMILES string of the molecule is CC(C)CCCCCCCCCC(=O)Nc1ncnc2[nH]cnc12. The molecule has 0 aromatic carbocycles. The van der Waals surface area contributed by atoms with E-state index in [1.165, 1.54) is 44.9 Å². The maximum Gasteiger partial charge on any atom is 0.225 e. The molecule has 0 spiro atoms. The lowest BCUT2D eigenvalue weighted by molar-refractivity contribution is -0.116. The quantitative estimate of drug-likeness (QED) is 0.595. The second-order valence-electron chi connectivity index (χ2n) is 6.78.